The number of rotatable bonds is 7. The Morgan fingerprint density at radius 3 is 2.82 bits per heavy atom. The van der Waals surface area contributed by atoms with Gasteiger partial charge in [0, 0.05) is 12.4 Å². The van der Waals surface area contributed by atoms with Crippen LogP contribution in [-0.4, -0.2) is 29.9 Å². The summed E-state index contributed by atoms with van der Waals surface area (Å²) in [4.78, 5) is 15.0. The zero-order valence-electron chi connectivity index (χ0n) is 12.2. The summed E-state index contributed by atoms with van der Waals surface area (Å²) in [5, 5.41) is 10.9. The summed E-state index contributed by atoms with van der Waals surface area (Å²) in [6, 6.07) is 2.84. The lowest BCUT2D eigenvalue weighted by Gasteiger charge is -2.04. The van der Waals surface area contributed by atoms with Gasteiger partial charge >= 0.3 is 5.97 Å². The fraction of sp³-hybridized carbons (Fsp3) is 0.250. The molecule has 0 aliphatic rings. The molecule has 1 atom stereocenters. The van der Waals surface area contributed by atoms with Crippen molar-refractivity contribution in [3.63, 3.8) is 0 Å². The molecule has 1 aromatic rings. The Balaban J connectivity index is 2.85. The smallest absolute Gasteiger partial charge is 0.328 e. The lowest BCUT2D eigenvalue weighted by molar-refractivity contribution is -0.138. The fourth-order valence-corrected chi connectivity index (χ4v) is 2.05. The van der Waals surface area contributed by atoms with Crippen molar-refractivity contribution in [1.82, 2.24) is 0 Å². The van der Waals surface area contributed by atoms with E-state index in [9.17, 15) is 4.79 Å². The molecule has 0 spiro atoms. The van der Waals surface area contributed by atoms with Crippen LogP contribution in [-0.2, 0) is 4.79 Å². The third-order valence-electron chi connectivity index (χ3n) is 3.08. The van der Waals surface area contributed by atoms with Gasteiger partial charge in [-0.15, -0.1) is 0 Å². The predicted molar refractivity (Wildman–Crippen MR) is 92.1 cm³/mol. The quantitative estimate of drug-likeness (QED) is 0.644. The molecule has 6 heteroatoms. The molecule has 0 heterocycles. The van der Waals surface area contributed by atoms with Crippen LogP contribution in [0.3, 0.4) is 0 Å². The van der Waals surface area contributed by atoms with E-state index >= 15 is 0 Å². The van der Waals surface area contributed by atoms with Crippen LogP contribution >= 0.6 is 11.6 Å². The van der Waals surface area contributed by atoms with E-state index < -0.39 is 12.0 Å². The number of nitrogens with two attached hydrogens (primary N) is 2. The number of carboxylic acid groups (broad SMARTS) is 1. The highest BCUT2D eigenvalue weighted by atomic mass is 35.5. The lowest BCUT2D eigenvalue weighted by Crippen LogP contribution is -2.25. The van der Waals surface area contributed by atoms with Crippen molar-refractivity contribution in [3.05, 3.63) is 39.2 Å². The van der Waals surface area contributed by atoms with E-state index in [1.165, 1.54) is 12.4 Å². The number of hydrogen-bond donors (Lipinski definition) is 3. The van der Waals surface area contributed by atoms with Crippen molar-refractivity contribution in [2.24, 2.45) is 16.5 Å². The maximum Gasteiger partial charge on any atom is 0.328 e. The molecule has 0 bridgehead atoms. The second-order valence-electron chi connectivity index (χ2n) is 4.65. The highest BCUT2D eigenvalue weighted by Gasteiger charge is 2.13. The van der Waals surface area contributed by atoms with E-state index in [1.54, 1.807) is 12.2 Å². The summed E-state index contributed by atoms with van der Waals surface area (Å²) in [5.74, 6) is -0.959. The second-order valence-corrected chi connectivity index (χ2v) is 5.02. The molecule has 1 aromatic carbocycles. The number of aliphatic imine (C=N–C) groups is 1. The molecule has 0 radical (unpaired) electrons. The first-order valence-electron chi connectivity index (χ1n) is 6.83. The number of halogens is 1. The first-order valence-corrected chi connectivity index (χ1v) is 7.21. The van der Waals surface area contributed by atoms with E-state index in [1.807, 2.05) is 12.1 Å². The molecule has 0 aliphatic heterocycles. The van der Waals surface area contributed by atoms with E-state index in [2.05, 4.69) is 11.6 Å². The Labute approximate surface area is 134 Å². The van der Waals surface area contributed by atoms with Crippen LogP contribution in [0.5, 0.6) is 0 Å². The normalized spacial score (nSPS) is 14.0. The van der Waals surface area contributed by atoms with E-state index in [0.29, 0.717) is 29.6 Å². The summed E-state index contributed by atoms with van der Waals surface area (Å²) in [6.07, 6.45) is 7.32. The van der Waals surface area contributed by atoms with Gasteiger partial charge in [0.05, 0.1) is 5.02 Å². The molecule has 0 fully saturated rings. The minimum absolute atomic E-state index is 0.418. The van der Waals surface area contributed by atoms with Crippen molar-refractivity contribution >= 4 is 42.6 Å². The topological polar surface area (TPSA) is 102 Å². The minimum Gasteiger partial charge on any atom is -0.480 e. The minimum atomic E-state index is -0.959. The number of benzene rings is 1. The van der Waals surface area contributed by atoms with Gasteiger partial charge in [-0.1, -0.05) is 36.4 Å². The summed E-state index contributed by atoms with van der Waals surface area (Å²) in [7, 11) is 0. The molecule has 0 aromatic heterocycles. The number of allylic oxidation sites excluding steroid dienone is 1. The number of carboxylic acids is 1. The van der Waals surface area contributed by atoms with Crippen molar-refractivity contribution in [2.45, 2.75) is 18.9 Å². The molecular weight excluding hydrogens is 302 g/mol. The summed E-state index contributed by atoms with van der Waals surface area (Å²) in [6.45, 7) is 4.31. The van der Waals surface area contributed by atoms with Gasteiger partial charge in [0.25, 0.3) is 0 Å². The first kappa shape index (κ1) is 17.9. The maximum absolute atomic E-state index is 11.0. The van der Waals surface area contributed by atoms with Gasteiger partial charge in [0.2, 0.25) is 0 Å². The van der Waals surface area contributed by atoms with Gasteiger partial charge in [-0.2, -0.15) is 0 Å². The number of hydrogen-bond acceptors (Lipinski definition) is 4. The van der Waals surface area contributed by atoms with Crippen LogP contribution in [0.15, 0.2) is 23.2 Å². The second kappa shape index (κ2) is 9.02. The molecule has 5 N–H and O–H groups in total. The SMILES string of the molecule is C=c1c(Cl)c(/C=C/C=NC(CCCN)C(=O)O)cc/c1=C/N. The van der Waals surface area contributed by atoms with Crippen molar-refractivity contribution < 1.29 is 9.90 Å². The Kier molecular flexibility index (Phi) is 7.36. The highest BCUT2D eigenvalue weighted by molar-refractivity contribution is 6.32. The van der Waals surface area contributed by atoms with Crippen LogP contribution in [0.1, 0.15) is 18.4 Å². The average Bonchev–Trinajstić information content (AvgIpc) is 2.50. The Morgan fingerprint density at radius 1 is 1.50 bits per heavy atom. The van der Waals surface area contributed by atoms with E-state index in [-0.39, 0.29) is 0 Å². The van der Waals surface area contributed by atoms with E-state index in [0.717, 1.165) is 10.8 Å². The Bertz CT molecular complexity index is 683. The van der Waals surface area contributed by atoms with Crippen molar-refractivity contribution in [3.8, 4) is 0 Å². The molecule has 0 amide bonds. The zero-order chi connectivity index (χ0) is 16.5. The number of nitrogens with zero attached hydrogens (tertiary/aromatic N) is 1. The van der Waals surface area contributed by atoms with Gasteiger partial charge in [-0.05, 0) is 41.5 Å². The Hall–Kier alpha value is -2.11. The molecule has 0 aliphatic carbocycles. The van der Waals surface area contributed by atoms with Crippen molar-refractivity contribution in [1.29, 1.82) is 0 Å². The third kappa shape index (κ3) is 5.02. The lowest BCUT2D eigenvalue weighted by atomic mass is 10.1. The maximum atomic E-state index is 11.0. The van der Waals surface area contributed by atoms with Gasteiger partial charge in [0.1, 0.15) is 6.04 Å². The molecular formula is C16H20ClN3O2. The predicted octanol–water partition coefficient (Wildman–Crippen LogP) is 0.723. The summed E-state index contributed by atoms with van der Waals surface area (Å²) < 4.78 is 0. The Morgan fingerprint density at radius 2 is 2.23 bits per heavy atom. The van der Waals surface area contributed by atoms with Crippen LogP contribution in [0.25, 0.3) is 18.9 Å². The van der Waals surface area contributed by atoms with Crippen LogP contribution < -0.4 is 21.9 Å². The largest absolute Gasteiger partial charge is 0.480 e. The summed E-state index contributed by atoms with van der Waals surface area (Å²) >= 11 is 6.20. The van der Waals surface area contributed by atoms with Gasteiger partial charge in [-0.25, -0.2) is 4.79 Å². The molecule has 1 rings (SSSR count). The first-order chi connectivity index (χ1) is 10.5. The number of aliphatic carboxylic acids is 1. The van der Waals surface area contributed by atoms with Crippen LogP contribution in [0, 0.1) is 0 Å². The van der Waals surface area contributed by atoms with E-state index in [4.69, 9.17) is 28.2 Å². The zero-order valence-corrected chi connectivity index (χ0v) is 13.0. The molecule has 0 saturated carbocycles. The van der Waals surface area contributed by atoms with Crippen LogP contribution in [0.2, 0.25) is 5.02 Å². The molecule has 118 valence electrons. The molecule has 5 nitrogen and oxygen atoms in total. The third-order valence-corrected chi connectivity index (χ3v) is 3.53. The highest BCUT2D eigenvalue weighted by Crippen LogP contribution is 2.10. The van der Waals surface area contributed by atoms with Crippen LogP contribution in [0.4, 0.5) is 0 Å². The fourth-order valence-electron chi connectivity index (χ4n) is 1.81. The monoisotopic (exact) mass is 321 g/mol. The van der Waals surface area contributed by atoms with Gasteiger partial charge in [0.15, 0.2) is 0 Å². The molecule has 1 unspecified atom stereocenters. The van der Waals surface area contributed by atoms with Gasteiger partial charge in [-0.3, -0.25) is 4.99 Å². The number of carbonyl (C=O) groups is 1. The average molecular weight is 322 g/mol. The molecule has 22 heavy (non-hydrogen) atoms. The standard InChI is InChI=1S/C16H20ClN3O2/c1-11-13(10-19)7-6-12(15(11)17)4-3-9-20-14(16(21)22)5-2-8-18/h3-4,6-7,9-10,14H,1-2,5,8,18-19H2,(H,21,22)/b4-3+,13-10-,20-9?. The summed E-state index contributed by atoms with van der Waals surface area (Å²) in [5.41, 5.74) is 11.6. The van der Waals surface area contributed by atoms with Crippen molar-refractivity contribution in [2.75, 3.05) is 6.54 Å². The van der Waals surface area contributed by atoms with Gasteiger partial charge < -0.3 is 16.6 Å². The molecule has 0 saturated heterocycles.